The summed E-state index contributed by atoms with van der Waals surface area (Å²) in [6.45, 7) is 18.6. The van der Waals surface area contributed by atoms with Crippen molar-refractivity contribution in [3.05, 3.63) is 117 Å². The number of azo groups is 1. The molecule has 7 aromatic rings. The third kappa shape index (κ3) is 12.8. The topological polar surface area (TPSA) is 302 Å². The summed E-state index contributed by atoms with van der Waals surface area (Å²) in [5.41, 5.74) is 5.79. The second kappa shape index (κ2) is 21.9. The van der Waals surface area contributed by atoms with Gasteiger partial charge in [0.25, 0.3) is 10.0 Å². The molecular formula is C46H46KN10NaO10S5. The summed E-state index contributed by atoms with van der Waals surface area (Å²) >= 11 is 0.932. The van der Waals surface area contributed by atoms with E-state index in [2.05, 4.69) is 21.5 Å². The number of nitrogens with one attached hydrogen (secondary N) is 2. The Kier molecular flexibility index (Phi) is 18.0. The number of fused-ring (bicyclic) bond motifs is 1. The number of hydrogen-bond acceptors (Lipinski definition) is 18. The first-order valence-corrected chi connectivity index (χ1v) is 28.1. The molecule has 0 spiro atoms. The van der Waals surface area contributed by atoms with Crippen molar-refractivity contribution in [3.8, 4) is 11.2 Å². The van der Waals surface area contributed by atoms with E-state index in [-0.39, 0.29) is 125 Å². The number of aryl methyl sites for hydroxylation is 7. The van der Waals surface area contributed by atoms with Crippen LogP contribution in [0.3, 0.4) is 0 Å². The van der Waals surface area contributed by atoms with E-state index in [9.17, 15) is 48.0 Å². The Morgan fingerprint density at radius 2 is 1.32 bits per heavy atom. The summed E-state index contributed by atoms with van der Waals surface area (Å²) in [6, 6.07) is 16.7. The Labute approximate surface area is 493 Å². The number of sulfonamides is 2. The van der Waals surface area contributed by atoms with Crippen LogP contribution < -0.4 is 95.3 Å². The number of anilines is 5. The first-order valence-electron chi connectivity index (χ1n) is 21.2. The van der Waals surface area contributed by atoms with Gasteiger partial charge in [0.2, 0.25) is 15.2 Å². The number of thiazole rings is 1. The monoisotopic (exact) mass is 1120 g/mol. The molecule has 2 N–H and O–H groups in total. The number of nitriles is 1. The first-order chi connectivity index (χ1) is 32.8. The van der Waals surface area contributed by atoms with E-state index in [0.717, 1.165) is 45.9 Å². The molecule has 27 heteroatoms. The van der Waals surface area contributed by atoms with Gasteiger partial charge in [-0.3, -0.25) is 4.72 Å². The van der Waals surface area contributed by atoms with Crippen molar-refractivity contribution in [1.29, 1.82) is 5.26 Å². The largest absolute Gasteiger partial charge is 1.00 e. The number of aromatic nitrogens is 4. The molecule has 0 fully saturated rings. The molecular weight excluding hydrogens is 1070 g/mol. The van der Waals surface area contributed by atoms with Crippen molar-refractivity contribution in [1.82, 2.24) is 19.7 Å². The minimum Gasteiger partial charge on any atom is -0.744 e. The van der Waals surface area contributed by atoms with Crippen LogP contribution in [0.4, 0.5) is 40.2 Å². The minimum absolute atomic E-state index is 0. The molecule has 0 unspecified atom stereocenters. The molecule has 3 heterocycles. The van der Waals surface area contributed by atoms with E-state index in [1.807, 2.05) is 91.3 Å². The van der Waals surface area contributed by atoms with E-state index in [4.69, 9.17) is 15.2 Å². The molecule has 0 bridgehead atoms. The summed E-state index contributed by atoms with van der Waals surface area (Å²) in [5, 5.41) is 28.3. The molecule has 20 nitrogen and oxygen atoms in total. The van der Waals surface area contributed by atoms with Gasteiger partial charge < -0.3 is 14.4 Å². The molecule has 7 rings (SSSR count). The summed E-state index contributed by atoms with van der Waals surface area (Å²) in [4.78, 5) is 7.01. The van der Waals surface area contributed by atoms with Crippen molar-refractivity contribution in [3.63, 3.8) is 0 Å². The fourth-order valence-corrected chi connectivity index (χ4v) is 12.4. The van der Waals surface area contributed by atoms with E-state index >= 15 is 0 Å². The number of nitrogens with zero attached hydrogens (tertiary/aromatic N) is 8. The fourth-order valence-electron chi connectivity index (χ4n) is 8.08. The summed E-state index contributed by atoms with van der Waals surface area (Å²) in [6.07, 6.45) is 1.10. The molecule has 0 atom stereocenters. The van der Waals surface area contributed by atoms with Crippen molar-refractivity contribution >= 4 is 102 Å². The van der Waals surface area contributed by atoms with Crippen LogP contribution >= 0.6 is 11.3 Å². The Morgan fingerprint density at radius 3 is 1.85 bits per heavy atom. The molecule has 0 radical (unpaired) electrons. The predicted octanol–water partition coefficient (Wildman–Crippen LogP) is 3.08. The van der Waals surface area contributed by atoms with Gasteiger partial charge in [0, 0.05) is 11.1 Å². The zero-order valence-electron chi connectivity index (χ0n) is 42.1. The summed E-state index contributed by atoms with van der Waals surface area (Å²) < 4.78 is 131. The Bertz CT molecular complexity index is 3880. The van der Waals surface area contributed by atoms with Crippen molar-refractivity contribution < 1.29 is 124 Å². The number of pyridine rings is 1. The molecule has 0 aliphatic carbocycles. The van der Waals surface area contributed by atoms with Gasteiger partial charge in [-0.25, -0.2) is 47.9 Å². The van der Waals surface area contributed by atoms with E-state index < -0.39 is 66.1 Å². The van der Waals surface area contributed by atoms with Crippen LogP contribution in [0.5, 0.6) is 0 Å². The van der Waals surface area contributed by atoms with Gasteiger partial charge in [-0.1, -0.05) is 67.5 Å². The molecule has 73 heavy (non-hydrogen) atoms. The second-order valence-electron chi connectivity index (χ2n) is 18.0. The van der Waals surface area contributed by atoms with Crippen LogP contribution in [0.25, 0.3) is 15.3 Å². The molecule has 0 aliphatic rings. The van der Waals surface area contributed by atoms with Gasteiger partial charge in [-0.05, 0) is 119 Å². The normalized spacial score (nSPS) is 12.3. The van der Waals surface area contributed by atoms with Crippen molar-refractivity contribution in [2.24, 2.45) is 10.2 Å². The van der Waals surface area contributed by atoms with Crippen LogP contribution in [-0.2, 0) is 45.7 Å². The Morgan fingerprint density at radius 1 is 0.740 bits per heavy atom. The third-order valence-electron chi connectivity index (χ3n) is 11.0. The first kappa shape index (κ1) is 59.8. The van der Waals surface area contributed by atoms with E-state index in [0.29, 0.717) is 52.0 Å². The van der Waals surface area contributed by atoms with Gasteiger partial charge in [-0.15, -0.1) is 10.2 Å². The molecule has 0 saturated carbocycles. The third-order valence-corrected chi connectivity index (χ3v) is 16.1. The second-order valence-corrected chi connectivity index (χ2v) is 25.2. The molecule has 0 aliphatic heterocycles. The maximum atomic E-state index is 13.7. The van der Waals surface area contributed by atoms with Gasteiger partial charge in [-0.2, -0.15) is 15.0 Å². The zero-order valence-corrected chi connectivity index (χ0v) is 51.3. The average Bonchev–Trinajstić information content (AvgIpc) is 3.83. The molecule has 0 amide bonds. The van der Waals surface area contributed by atoms with Crippen molar-refractivity contribution in [2.45, 2.75) is 89.3 Å². The summed E-state index contributed by atoms with van der Waals surface area (Å²) in [7, 11) is -19.3. The molecule has 4 aromatic carbocycles. The summed E-state index contributed by atoms with van der Waals surface area (Å²) in [5.74, 6) is 0.151. The van der Waals surface area contributed by atoms with Gasteiger partial charge in [0.05, 0.1) is 48.2 Å². The van der Waals surface area contributed by atoms with Crippen LogP contribution in [-0.4, -0.2) is 68.8 Å². The van der Waals surface area contributed by atoms with Crippen LogP contribution in [0.1, 0.15) is 71.0 Å². The molecule has 3 aromatic heterocycles. The SMILES string of the molecule is Cc1cc(C)c(Nc2nc(N(c3c(C)cc(C)cc3C)S(C)(=O)=O)cc(C)c2N=Nc2c(C#N)c(C(C)(C)C)nn2-c2nc3ccc(S(=O)(=O)Nc4cc(S(=O)(=O)[O-])ccc4S(=O)(=O)[O-])cc3s2)c(C)c1.[K+].[Na+]. The zero-order chi connectivity index (χ0) is 52.5. The molecule has 372 valence electrons. The average molecular weight is 1120 g/mol. The van der Waals surface area contributed by atoms with Crippen LogP contribution in [0, 0.1) is 59.8 Å². The number of rotatable bonds is 13. The minimum atomic E-state index is -5.37. The number of hydrogen-bond donors (Lipinski definition) is 2. The van der Waals surface area contributed by atoms with Gasteiger partial charge in [0.15, 0.2) is 11.6 Å². The smallest absolute Gasteiger partial charge is 0.744 e. The predicted molar refractivity (Wildman–Crippen MR) is 268 cm³/mol. The number of benzene rings is 4. The van der Waals surface area contributed by atoms with Crippen LogP contribution in [0.2, 0.25) is 0 Å². The maximum absolute atomic E-state index is 13.7. The van der Waals surface area contributed by atoms with Gasteiger partial charge >= 0.3 is 80.9 Å². The quantitative estimate of drug-likeness (QED) is 0.0953. The Balaban J connectivity index is 0.00000494. The van der Waals surface area contributed by atoms with Crippen molar-refractivity contribution in [2.75, 3.05) is 20.6 Å². The van der Waals surface area contributed by atoms with E-state index in [1.165, 1.54) is 21.1 Å². The Hall–Kier alpha value is -4.02. The maximum Gasteiger partial charge on any atom is 1.00 e. The van der Waals surface area contributed by atoms with E-state index in [1.54, 1.807) is 13.0 Å². The van der Waals surface area contributed by atoms with Crippen LogP contribution in [0.15, 0.2) is 91.6 Å². The molecule has 0 saturated heterocycles. The fraction of sp³-hybridized carbons (Fsp3) is 0.261. The van der Waals surface area contributed by atoms with Gasteiger partial charge in [0.1, 0.15) is 43.4 Å². The standard InChI is InChI=1S/C46H48N10O10S5.K.Na/c1-24-16-26(3)39(27(4)17-24)50-43-40(28(5)20-38(49-43)56(68(11,57)58)41-29(6)18-25(2)19-30(41)7)51-52-44-33(23-47)42(46(8,9)10)53-55(44)45-48-34-14-12-31(22-36(34)67-45)69(59,60)54-35-21-32(70(61,62)63)13-15-37(35)71(64,65)66;;/h12-22,54H,1-11H3,(H,49,50)(H,61,62,63)(H,64,65,66);;/q;2*+1/p-2.